The average molecular weight is 1170 g/mol. The number of nitrogens with one attached hydrogen (secondary N) is 1. The summed E-state index contributed by atoms with van der Waals surface area (Å²) in [5.74, 6) is -0.209. The van der Waals surface area contributed by atoms with Crippen LogP contribution in [0.2, 0.25) is 0 Å². The summed E-state index contributed by atoms with van der Waals surface area (Å²) in [5.41, 5.74) is 0. The summed E-state index contributed by atoms with van der Waals surface area (Å²) in [5, 5.41) is 14.0. The molecule has 0 aromatic heterocycles. The number of phosphoric acid groups is 1. The molecule has 83 heavy (non-hydrogen) atoms. The Bertz CT molecular complexity index is 1810. The quantitative estimate of drug-likeness (QED) is 0.0243. The largest absolute Gasteiger partial charge is 0.472 e. The van der Waals surface area contributed by atoms with E-state index in [1.807, 2.05) is 27.2 Å². The summed E-state index contributed by atoms with van der Waals surface area (Å²) in [6.07, 6.45) is 95.9. The first-order valence-electron chi connectivity index (χ1n) is 34.1. The summed E-state index contributed by atoms with van der Waals surface area (Å²) in [4.78, 5) is 23.4. The SMILES string of the molecule is CC/C=C\C/C=C\C/C=C\C/C=C\C/C=C\C/C=C\C/C=C\C/C=C\C/C=C\CCCCCCCC(=O)NC(COP(=O)(O)OCC[N+](C)(C)C)C(O)/C=C/CC/C=C/CCCCCCCCCCCCCCCCCCCCCCCC. The van der Waals surface area contributed by atoms with Crippen LogP contribution in [-0.2, 0) is 18.4 Å². The highest BCUT2D eigenvalue weighted by atomic mass is 31.2. The van der Waals surface area contributed by atoms with Crippen molar-refractivity contribution in [1.82, 2.24) is 5.32 Å². The molecule has 3 unspecified atom stereocenters. The molecular weight excluding hydrogens is 1040 g/mol. The molecule has 8 nitrogen and oxygen atoms in total. The van der Waals surface area contributed by atoms with Gasteiger partial charge < -0.3 is 19.8 Å². The van der Waals surface area contributed by atoms with Crippen molar-refractivity contribution in [3.8, 4) is 0 Å². The van der Waals surface area contributed by atoms with E-state index in [4.69, 9.17) is 9.05 Å². The second kappa shape index (κ2) is 63.2. The number of nitrogens with zero attached hydrogens (tertiary/aromatic N) is 1. The van der Waals surface area contributed by atoms with Gasteiger partial charge in [0.2, 0.25) is 5.91 Å². The van der Waals surface area contributed by atoms with Crippen molar-refractivity contribution >= 4 is 13.7 Å². The van der Waals surface area contributed by atoms with E-state index >= 15 is 0 Å². The number of likely N-dealkylation sites (N-methyl/N-ethyl adjacent to an activating group) is 1. The predicted molar refractivity (Wildman–Crippen MR) is 364 cm³/mol. The highest BCUT2D eigenvalue weighted by Gasteiger charge is 2.27. The fourth-order valence-electron chi connectivity index (χ4n) is 9.35. The number of hydrogen-bond donors (Lipinski definition) is 3. The minimum absolute atomic E-state index is 0.0449. The zero-order chi connectivity index (χ0) is 60.5. The summed E-state index contributed by atoms with van der Waals surface area (Å²) in [6, 6.07) is -0.886. The first kappa shape index (κ1) is 79.6. The lowest BCUT2D eigenvalue weighted by Gasteiger charge is -2.25. The number of unbranched alkanes of at least 4 members (excludes halogenated alkanes) is 28. The number of aliphatic hydroxyl groups excluding tert-OH is 1. The van der Waals surface area contributed by atoms with Crippen LogP contribution in [0.25, 0.3) is 0 Å². The van der Waals surface area contributed by atoms with Crippen molar-refractivity contribution in [3.05, 3.63) is 134 Å². The lowest BCUT2D eigenvalue weighted by Crippen LogP contribution is -2.45. The topological polar surface area (TPSA) is 105 Å². The van der Waals surface area contributed by atoms with Crippen LogP contribution < -0.4 is 5.32 Å². The van der Waals surface area contributed by atoms with Gasteiger partial charge in [0.1, 0.15) is 13.2 Å². The number of carbonyl (C=O) groups excluding carboxylic acids is 1. The molecule has 0 bridgehead atoms. The minimum Gasteiger partial charge on any atom is -0.387 e. The van der Waals surface area contributed by atoms with Crippen molar-refractivity contribution in [1.29, 1.82) is 0 Å². The van der Waals surface area contributed by atoms with Gasteiger partial charge in [-0.3, -0.25) is 13.8 Å². The monoisotopic (exact) mass is 1170 g/mol. The fourth-order valence-corrected chi connectivity index (χ4v) is 10.1. The number of quaternary nitrogens is 1. The van der Waals surface area contributed by atoms with Crippen LogP contribution >= 0.6 is 7.82 Å². The van der Waals surface area contributed by atoms with Crippen LogP contribution in [0.4, 0.5) is 0 Å². The van der Waals surface area contributed by atoms with Crippen LogP contribution in [0.15, 0.2) is 134 Å². The molecule has 0 aliphatic carbocycles. The average Bonchev–Trinajstić information content (AvgIpc) is 3.49. The third kappa shape index (κ3) is 66.0. The highest BCUT2D eigenvalue weighted by molar-refractivity contribution is 7.47. The Balaban J connectivity index is 4.25. The number of phosphoric ester groups is 1. The molecule has 0 saturated carbocycles. The van der Waals surface area contributed by atoms with Gasteiger partial charge in [-0.1, -0.05) is 302 Å². The second-order valence-corrected chi connectivity index (χ2v) is 25.3. The first-order valence-corrected chi connectivity index (χ1v) is 35.6. The molecule has 0 aromatic carbocycles. The molecule has 3 N–H and O–H groups in total. The Morgan fingerprint density at radius 3 is 1.11 bits per heavy atom. The normalized spacial score (nSPS) is 14.5. The first-order chi connectivity index (χ1) is 40.5. The minimum atomic E-state index is -4.38. The van der Waals surface area contributed by atoms with Crippen molar-refractivity contribution in [3.63, 3.8) is 0 Å². The van der Waals surface area contributed by atoms with Crippen LogP contribution in [-0.4, -0.2) is 73.4 Å². The highest BCUT2D eigenvalue weighted by Crippen LogP contribution is 2.43. The zero-order valence-corrected chi connectivity index (χ0v) is 55.3. The van der Waals surface area contributed by atoms with E-state index in [0.717, 1.165) is 116 Å². The Morgan fingerprint density at radius 1 is 0.422 bits per heavy atom. The van der Waals surface area contributed by atoms with Gasteiger partial charge >= 0.3 is 7.82 Å². The molecule has 476 valence electrons. The fraction of sp³-hybridized carbons (Fsp3) is 0.689. The maximum absolute atomic E-state index is 13.0. The third-order valence-electron chi connectivity index (χ3n) is 14.6. The lowest BCUT2D eigenvalue weighted by atomic mass is 10.0. The van der Waals surface area contributed by atoms with E-state index in [0.29, 0.717) is 17.4 Å². The smallest absolute Gasteiger partial charge is 0.387 e. The van der Waals surface area contributed by atoms with Gasteiger partial charge in [-0.2, -0.15) is 0 Å². The maximum Gasteiger partial charge on any atom is 0.472 e. The summed E-state index contributed by atoms with van der Waals surface area (Å²) in [6.45, 7) is 4.68. The number of hydrogen-bond acceptors (Lipinski definition) is 5. The van der Waals surface area contributed by atoms with Crippen LogP contribution in [0, 0.1) is 0 Å². The van der Waals surface area contributed by atoms with Crippen molar-refractivity contribution in [2.75, 3.05) is 40.9 Å². The van der Waals surface area contributed by atoms with Crippen molar-refractivity contribution < 1.29 is 32.9 Å². The molecule has 0 rings (SSSR count). The number of carbonyl (C=O) groups is 1. The van der Waals surface area contributed by atoms with E-state index in [9.17, 15) is 19.4 Å². The molecule has 1 amide bonds. The molecule has 0 fully saturated rings. The van der Waals surface area contributed by atoms with Crippen LogP contribution in [0.5, 0.6) is 0 Å². The van der Waals surface area contributed by atoms with Crippen LogP contribution in [0.1, 0.15) is 277 Å². The van der Waals surface area contributed by atoms with E-state index in [1.54, 1.807) is 6.08 Å². The molecule has 0 aliphatic rings. The van der Waals surface area contributed by atoms with Gasteiger partial charge in [0, 0.05) is 6.42 Å². The van der Waals surface area contributed by atoms with Gasteiger partial charge in [0.25, 0.3) is 0 Å². The van der Waals surface area contributed by atoms with Gasteiger partial charge in [-0.15, -0.1) is 0 Å². The molecule has 0 aliphatic heterocycles. The maximum atomic E-state index is 13.0. The Morgan fingerprint density at radius 2 is 0.735 bits per heavy atom. The molecule has 9 heteroatoms. The van der Waals surface area contributed by atoms with E-state index in [1.165, 1.54) is 141 Å². The Hall–Kier alpha value is -3.36. The van der Waals surface area contributed by atoms with E-state index in [2.05, 4.69) is 141 Å². The summed E-state index contributed by atoms with van der Waals surface area (Å²) in [7, 11) is 1.53. The molecule has 0 heterocycles. The molecule has 0 radical (unpaired) electrons. The Kier molecular flexibility index (Phi) is 60.6. The molecule has 0 spiro atoms. The molecular formula is C74H130N2O6P+. The molecule has 0 aromatic rings. The van der Waals surface area contributed by atoms with Gasteiger partial charge in [-0.25, -0.2) is 4.57 Å². The predicted octanol–water partition coefficient (Wildman–Crippen LogP) is 21.8. The summed E-state index contributed by atoms with van der Waals surface area (Å²) < 4.78 is 23.8. The van der Waals surface area contributed by atoms with E-state index in [-0.39, 0.29) is 19.1 Å². The zero-order valence-electron chi connectivity index (χ0n) is 54.4. The second-order valence-electron chi connectivity index (χ2n) is 23.8. The number of amides is 1. The van der Waals surface area contributed by atoms with E-state index < -0.39 is 20.0 Å². The standard InChI is InChI=1S/C74H129N2O6P/c1-6-8-10-12-14-16-18-20-22-24-26-28-30-32-34-36-37-38-39-40-42-44-46-48-50-52-54-56-58-60-62-64-66-68-74(78)75-72(71-82-83(79,80)81-70-69-76(3,4)5)73(77)67-65-63-61-59-57-55-53-51-49-47-45-43-41-35-33-31-29-27-25-23-21-19-17-15-13-11-9-7-2/h8,10,14,16,20,22,26,28,32,34,37-38,40,42,46,48,52,54,57,59,65,67,72-73,77H,6-7,9,11-13,15,17-19,21,23-25,27,29-31,33,35-36,39,41,43-45,47,49-51,53,55-56,58,60-64,66,68-71H2,1-5H3,(H-,75,78,79,80)/p+1/b10-8-,16-14-,22-20-,28-26-,34-32-,38-37-,42-40-,48-46-,54-52-,59-57+,67-65+. The Labute approximate surface area is 513 Å². The van der Waals surface area contributed by atoms with Crippen LogP contribution in [0.3, 0.4) is 0 Å². The third-order valence-corrected chi connectivity index (χ3v) is 15.6. The summed E-state index contributed by atoms with van der Waals surface area (Å²) >= 11 is 0. The van der Waals surface area contributed by atoms with Crippen molar-refractivity contribution in [2.45, 2.75) is 289 Å². The molecule has 3 atom stereocenters. The van der Waals surface area contributed by atoms with Gasteiger partial charge in [0.05, 0.1) is 39.9 Å². The van der Waals surface area contributed by atoms with Gasteiger partial charge in [0.15, 0.2) is 0 Å². The lowest BCUT2D eigenvalue weighted by molar-refractivity contribution is -0.870. The number of rotatable bonds is 61. The number of aliphatic hydroxyl groups is 1. The van der Waals surface area contributed by atoms with Gasteiger partial charge in [-0.05, 0) is 103 Å². The van der Waals surface area contributed by atoms with Crippen molar-refractivity contribution in [2.24, 2.45) is 0 Å². The number of allylic oxidation sites excluding steroid dienone is 21. The molecule has 0 saturated heterocycles.